The SMILES string of the molecule is OC(c1ccc(CC(F)(F)F)cc1)C(Cc1ccc(OC(F)(F)F)cc1)n1ncnn1. The van der Waals surface area contributed by atoms with E-state index in [2.05, 4.69) is 20.1 Å². The summed E-state index contributed by atoms with van der Waals surface area (Å²) >= 11 is 0. The van der Waals surface area contributed by atoms with Gasteiger partial charge in [0.2, 0.25) is 0 Å². The second-order valence-corrected chi connectivity index (χ2v) is 6.70. The smallest absolute Gasteiger partial charge is 0.406 e. The van der Waals surface area contributed by atoms with E-state index in [9.17, 15) is 31.4 Å². The van der Waals surface area contributed by atoms with Crippen molar-refractivity contribution in [1.82, 2.24) is 20.2 Å². The summed E-state index contributed by atoms with van der Waals surface area (Å²) in [6.45, 7) is 0. The van der Waals surface area contributed by atoms with E-state index in [1.54, 1.807) is 0 Å². The Kier molecular flexibility index (Phi) is 6.48. The van der Waals surface area contributed by atoms with Crippen LogP contribution in [0.3, 0.4) is 0 Å². The van der Waals surface area contributed by atoms with Gasteiger partial charge in [-0.25, -0.2) is 0 Å². The highest BCUT2D eigenvalue weighted by molar-refractivity contribution is 5.29. The molecule has 0 aliphatic carbocycles. The summed E-state index contributed by atoms with van der Waals surface area (Å²) < 4.78 is 78.3. The number of aliphatic hydroxyl groups excluding tert-OH is 1. The van der Waals surface area contributed by atoms with Crippen LogP contribution in [0, 0.1) is 0 Å². The van der Waals surface area contributed by atoms with Crippen molar-refractivity contribution in [1.29, 1.82) is 0 Å². The van der Waals surface area contributed by atoms with Crippen molar-refractivity contribution in [2.75, 3.05) is 0 Å². The van der Waals surface area contributed by atoms with E-state index in [0.29, 0.717) is 11.1 Å². The van der Waals surface area contributed by atoms with Crippen LogP contribution in [0.2, 0.25) is 0 Å². The highest BCUT2D eigenvalue weighted by Crippen LogP contribution is 2.31. The summed E-state index contributed by atoms with van der Waals surface area (Å²) in [4.78, 5) is 1.13. The first-order chi connectivity index (χ1) is 14.5. The van der Waals surface area contributed by atoms with Crippen molar-refractivity contribution < 1.29 is 36.2 Å². The maximum atomic E-state index is 12.5. The molecule has 0 saturated carbocycles. The molecule has 31 heavy (non-hydrogen) atoms. The number of aromatic nitrogens is 4. The molecule has 2 aromatic carbocycles. The number of ether oxygens (including phenoxy) is 1. The van der Waals surface area contributed by atoms with Gasteiger partial charge in [0.25, 0.3) is 0 Å². The Morgan fingerprint density at radius 1 is 0.903 bits per heavy atom. The van der Waals surface area contributed by atoms with Gasteiger partial charge in [0.1, 0.15) is 17.9 Å². The molecular formula is C19H16F6N4O2. The molecule has 3 rings (SSSR count). The minimum Gasteiger partial charge on any atom is -0.406 e. The third kappa shape index (κ3) is 6.67. The second kappa shape index (κ2) is 8.92. The normalized spacial score (nSPS) is 14.3. The molecule has 0 aliphatic heterocycles. The minimum absolute atomic E-state index is 0.0409. The monoisotopic (exact) mass is 446 g/mol. The Balaban J connectivity index is 1.78. The lowest BCUT2D eigenvalue weighted by atomic mass is 9.95. The highest BCUT2D eigenvalue weighted by atomic mass is 19.4. The molecule has 0 bridgehead atoms. The predicted molar refractivity (Wildman–Crippen MR) is 94.8 cm³/mol. The van der Waals surface area contributed by atoms with E-state index in [1.807, 2.05) is 0 Å². The van der Waals surface area contributed by atoms with E-state index in [4.69, 9.17) is 0 Å². The Labute approximate surface area is 172 Å². The van der Waals surface area contributed by atoms with Gasteiger partial charge in [0.15, 0.2) is 6.33 Å². The van der Waals surface area contributed by atoms with Crippen LogP contribution in [0.1, 0.15) is 28.8 Å². The zero-order chi connectivity index (χ0) is 22.6. The van der Waals surface area contributed by atoms with Gasteiger partial charge in [-0.2, -0.15) is 18.0 Å². The molecule has 0 saturated heterocycles. The molecule has 3 aromatic rings. The van der Waals surface area contributed by atoms with Crippen LogP contribution in [0.15, 0.2) is 54.9 Å². The highest BCUT2D eigenvalue weighted by Gasteiger charge is 2.31. The molecular weight excluding hydrogens is 430 g/mol. The summed E-state index contributed by atoms with van der Waals surface area (Å²) in [5, 5.41) is 22.1. The lowest BCUT2D eigenvalue weighted by Crippen LogP contribution is -2.23. The van der Waals surface area contributed by atoms with Crippen molar-refractivity contribution in [3.63, 3.8) is 0 Å². The molecule has 1 aromatic heterocycles. The number of benzene rings is 2. The third-order valence-electron chi connectivity index (χ3n) is 4.35. The molecule has 6 nitrogen and oxygen atoms in total. The topological polar surface area (TPSA) is 73.1 Å². The number of hydrogen-bond acceptors (Lipinski definition) is 5. The van der Waals surface area contributed by atoms with Gasteiger partial charge in [-0.05, 0) is 40.5 Å². The first-order valence-corrected chi connectivity index (χ1v) is 8.91. The van der Waals surface area contributed by atoms with Crippen LogP contribution < -0.4 is 4.74 Å². The van der Waals surface area contributed by atoms with Crippen LogP contribution in [0.5, 0.6) is 5.75 Å². The van der Waals surface area contributed by atoms with E-state index in [-0.39, 0.29) is 12.0 Å². The van der Waals surface area contributed by atoms with Gasteiger partial charge in [-0.3, -0.25) is 0 Å². The quantitative estimate of drug-likeness (QED) is 0.551. The summed E-state index contributed by atoms with van der Waals surface area (Å²) in [5.41, 5.74) is 0.911. The van der Waals surface area contributed by atoms with Crippen LogP contribution in [0.25, 0.3) is 0 Å². The Morgan fingerprint density at radius 2 is 1.52 bits per heavy atom. The van der Waals surface area contributed by atoms with Crippen molar-refractivity contribution >= 4 is 0 Å². The van der Waals surface area contributed by atoms with Crippen molar-refractivity contribution in [2.24, 2.45) is 0 Å². The number of tetrazole rings is 1. The fourth-order valence-corrected chi connectivity index (χ4v) is 3.00. The Morgan fingerprint density at radius 3 is 2.03 bits per heavy atom. The maximum absolute atomic E-state index is 12.5. The predicted octanol–water partition coefficient (Wildman–Crippen LogP) is 4.19. The third-order valence-corrected chi connectivity index (χ3v) is 4.35. The first-order valence-electron chi connectivity index (χ1n) is 8.91. The molecule has 0 fully saturated rings. The molecule has 0 aliphatic rings. The summed E-state index contributed by atoms with van der Waals surface area (Å²) in [7, 11) is 0. The molecule has 2 atom stereocenters. The largest absolute Gasteiger partial charge is 0.573 e. The number of alkyl halides is 6. The van der Waals surface area contributed by atoms with Gasteiger partial charge in [-0.1, -0.05) is 36.4 Å². The van der Waals surface area contributed by atoms with Gasteiger partial charge in [0.05, 0.1) is 6.42 Å². The average molecular weight is 446 g/mol. The van der Waals surface area contributed by atoms with Crippen LogP contribution >= 0.6 is 0 Å². The molecule has 0 spiro atoms. The number of nitrogens with zero attached hydrogens (tertiary/aromatic N) is 4. The number of aliphatic hydroxyl groups is 1. The molecule has 0 radical (unpaired) electrons. The van der Waals surface area contributed by atoms with Crippen molar-refractivity contribution in [3.8, 4) is 5.75 Å². The Hall–Kier alpha value is -3.15. The lowest BCUT2D eigenvalue weighted by Gasteiger charge is -2.22. The first kappa shape index (κ1) is 22.5. The standard InChI is InChI=1S/C19H16F6N4O2/c20-18(21,22)10-13-1-5-14(6-2-13)17(30)16(29-27-11-26-28-29)9-12-3-7-15(8-4-12)31-19(23,24)25/h1-8,11,16-17,30H,9-10H2. The van der Waals surface area contributed by atoms with Gasteiger partial charge in [0, 0.05) is 0 Å². The zero-order valence-corrected chi connectivity index (χ0v) is 15.7. The summed E-state index contributed by atoms with van der Waals surface area (Å²) in [6.07, 6.45) is -10.2. The minimum atomic E-state index is -4.82. The van der Waals surface area contributed by atoms with Gasteiger partial charge >= 0.3 is 12.5 Å². The van der Waals surface area contributed by atoms with Crippen LogP contribution in [0.4, 0.5) is 26.3 Å². The molecule has 2 unspecified atom stereocenters. The Bertz CT molecular complexity index is 957. The molecule has 166 valence electrons. The molecule has 12 heteroatoms. The summed E-state index contributed by atoms with van der Waals surface area (Å²) in [5.74, 6) is -0.396. The zero-order valence-electron chi connectivity index (χ0n) is 15.7. The van der Waals surface area contributed by atoms with Crippen molar-refractivity contribution in [2.45, 2.75) is 37.5 Å². The molecule has 0 amide bonds. The number of hydrogen-bond donors (Lipinski definition) is 1. The van der Waals surface area contributed by atoms with E-state index >= 15 is 0 Å². The fourth-order valence-electron chi connectivity index (χ4n) is 3.00. The second-order valence-electron chi connectivity index (χ2n) is 6.70. The molecule has 1 heterocycles. The fraction of sp³-hybridized carbons (Fsp3) is 0.316. The number of halogens is 6. The van der Waals surface area contributed by atoms with Gasteiger partial charge < -0.3 is 9.84 Å². The lowest BCUT2D eigenvalue weighted by molar-refractivity contribution is -0.274. The van der Waals surface area contributed by atoms with Crippen LogP contribution in [-0.4, -0.2) is 37.9 Å². The molecule has 1 N–H and O–H groups in total. The van der Waals surface area contributed by atoms with Gasteiger partial charge in [-0.15, -0.1) is 23.4 Å². The number of rotatable bonds is 7. The van der Waals surface area contributed by atoms with Crippen LogP contribution in [-0.2, 0) is 12.8 Å². The van der Waals surface area contributed by atoms with E-state index in [0.717, 1.165) is 23.3 Å². The average Bonchev–Trinajstić information content (AvgIpc) is 3.19. The summed E-state index contributed by atoms with van der Waals surface area (Å²) in [6, 6.07) is 9.51. The van der Waals surface area contributed by atoms with Crippen molar-refractivity contribution in [3.05, 3.63) is 71.5 Å². The van der Waals surface area contributed by atoms with E-state index < -0.39 is 36.9 Å². The van der Waals surface area contributed by atoms with E-state index in [1.165, 1.54) is 36.4 Å². The maximum Gasteiger partial charge on any atom is 0.573 e.